The number of carbonyl (C=O) groups excluding carboxylic acids is 2. The second kappa shape index (κ2) is 8.12. The number of ether oxygens (including phenoxy) is 2. The van der Waals surface area contributed by atoms with Crippen molar-refractivity contribution in [2.75, 3.05) is 13.2 Å². The van der Waals surface area contributed by atoms with Crippen molar-refractivity contribution < 1.29 is 28.8 Å². The Kier molecular flexibility index (Phi) is 6.80. The van der Waals surface area contributed by atoms with Crippen LogP contribution in [0.15, 0.2) is 0 Å². The second-order valence-electron chi connectivity index (χ2n) is 4.48. The Morgan fingerprint density at radius 2 is 1.58 bits per heavy atom. The summed E-state index contributed by atoms with van der Waals surface area (Å²) >= 11 is 0. The minimum Gasteiger partial charge on any atom is -0.466 e. The zero-order valence-electron chi connectivity index (χ0n) is 11.6. The van der Waals surface area contributed by atoms with Crippen molar-refractivity contribution in [3.63, 3.8) is 0 Å². The molecule has 1 heterocycles. The van der Waals surface area contributed by atoms with Crippen molar-refractivity contribution in [3.05, 3.63) is 0 Å². The summed E-state index contributed by atoms with van der Waals surface area (Å²) in [5, 5.41) is 0. The standard InChI is InChI=1S/C13H22O6/c1-3-5-9-16-11(14)7-8-13(18-19-13)12(15)17-10-6-4-2/h3-10H2,1-2H3. The molecule has 1 rings (SSSR count). The molecule has 0 saturated carbocycles. The van der Waals surface area contributed by atoms with Gasteiger partial charge in [0.1, 0.15) is 0 Å². The maximum absolute atomic E-state index is 11.7. The normalized spacial score (nSPS) is 15.9. The zero-order valence-corrected chi connectivity index (χ0v) is 11.6. The molecule has 0 aromatic heterocycles. The SMILES string of the molecule is CCCCOC(=O)CCC1(C(=O)OCCCC)OO1. The first-order chi connectivity index (χ1) is 9.14. The van der Waals surface area contributed by atoms with Gasteiger partial charge in [-0.05, 0) is 12.8 Å². The van der Waals surface area contributed by atoms with E-state index in [9.17, 15) is 9.59 Å². The lowest BCUT2D eigenvalue weighted by Gasteiger charge is -2.08. The van der Waals surface area contributed by atoms with Crippen LogP contribution in [-0.2, 0) is 28.8 Å². The van der Waals surface area contributed by atoms with Crippen molar-refractivity contribution >= 4 is 11.9 Å². The molecule has 0 bridgehead atoms. The smallest absolute Gasteiger partial charge is 0.372 e. The highest BCUT2D eigenvalue weighted by molar-refractivity contribution is 5.80. The molecular formula is C13H22O6. The molecule has 110 valence electrons. The van der Waals surface area contributed by atoms with Crippen LogP contribution in [-0.4, -0.2) is 30.9 Å². The molecule has 1 aliphatic rings. The molecule has 0 aromatic carbocycles. The molecule has 1 aliphatic heterocycles. The van der Waals surface area contributed by atoms with Gasteiger partial charge in [0, 0.05) is 6.42 Å². The largest absolute Gasteiger partial charge is 0.466 e. The van der Waals surface area contributed by atoms with Crippen molar-refractivity contribution in [2.45, 2.75) is 58.2 Å². The van der Waals surface area contributed by atoms with Gasteiger partial charge in [0.05, 0.1) is 19.6 Å². The molecule has 0 N–H and O–H groups in total. The van der Waals surface area contributed by atoms with Gasteiger partial charge in [0.15, 0.2) is 0 Å². The topological polar surface area (TPSA) is 77.7 Å². The lowest BCUT2D eigenvalue weighted by Crippen LogP contribution is -2.28. The van der Waals surface area contributed by atoms with Gasteiger partial charge >= 0.3 is 17.7 Å². The minimum absolute atomic E-state index is 0.0760. The van der Waals surface area contributed by atoms with Gasteiger partial charge in [-0.15, -0.1) is 0 Å². The van der Waals surface area contributed by atoms with Gasteiger partial charge in [-0.2, -0.15) is 9.78 Å². The number of esters is 2. The summed E-state index contributed by atoms with van der Waals surface area (Å²) in [7, 11) is 0. The molecule has 0 aromatic rings. The Labute approximate surface area is 113 Å². The van der Waals surface area contributed by atoms with Crippen LogP contribution >= 0.6 is 0 Å². The van der Waals surface area contributed by atoms with Crippen LogP contribution in [0, 0.1) is 0 Å². The molecular weight excluding hydrogens is 252 g/mol. The summed E-state index contributed by atoms with van der Waals surface area (Å²) < 4.78 is 9.98. The fourth-order valence-electron chi connectivity index (χ4n) is 1.39. The van der Waals surface area contributed by atoms with E-state index < -0.39 is 11.8 Å². The predicted molar refractivity (Wildman–Crippen MR) is 65.9 cm³/mol. The number of carbonyl (C=O) groups is 2. The van der Waals surface area contributed by atoms with Gasteiger partial charge in [-0.1, -0.05) is 26.7 Å². The van der Waals surface area contributed by atoms with E-state index >= 15 is 0 Å². The van der Waals surface area contributed by atoms with Crippen LogP contribution in [0.2, 0.25) is 0 Å². The van der Waals surface area contributed by atoms with Crippen LogP contribution < -0.4 is 0 Å². The summed E-state index contributed by atoms with van der Waals surface area (Å²) in [6.45, 7) is 4.76. The van der Waals surface area contributed by atoms with Crippen LogP contribution in [0.4, 0.5) is 0 Å². The lowest BCUT2D eigenvalue weighted by molar-refractivity contribution is -0.152. The number of unbranched alkanes of at least 4 members (excludes halogenated alkanes) is 2. The van der Waals surface area contributed by atoms with Gasteiger partial charge in [0.25, 0.3) is 0 Å². The second-order valence-corrected chi connectivity index (χ2v) is 4.48. The highest BCUT2D eigenvalue weighted by Gasteiger charge is 2.58. The molecule has 0 atom stereocenters. The first-order valence-electron chi connectivity index (χ1n) is 6.84. The lowest BCUT2D eigenvalue weighted by atomic mass is 10.1. The van der Waals surface area contributed by atoms with Gasteiger partial charge in [-0.25, -0.2) is 4.79 Å². The highest BCUT2D eigenvalue weighted by Crippen LogP contribution is 2.36. The van der Waals surface area contributed by atoms with Gasteiger partial charge in [-0.3, -0.25) is 4.79 Å². The van der Waals surface area contributed by atoms with Crippen LogP contribution in [0.5, 0.6) is 0 Å². The molecule has 0 spiro atoms. The maximum atomic E-state index is 11.7. The average molecular weight is 274 g/mol. The van der Waals surface area contributed by atoms with E-state index in [1.807, 2.05) is 13.8 Å². The fourth-order valence-corrected chi connectivity index (χ4v) is 1.39. The third-order valence-electron chi connectivity index (χ3n) is 2.75. The third kappa shape index (κ3) is 5.57. The first kappa shape index (κ1) is 15.9. The fraction of sp³-hybridized carbons (Fsp3) is 0.846. The maximum Gasteiger partial charge on any atom is 0.372 e. The van der Waals surface area contributed by atoms with Crippen molar-refractivity contribution in [2.24, 2.45) is 0 Å². The molecule has 0 unspecified atom stereocenters. The monoisotopic (exact) mass is 274 g/mol. The molecule has 0 aliphatic carbocycles. The summed E-state index contributed by atoms with van der Waals surface area (Å²) in [6.07, 6.45) is 3.73. The summed E-state index contributed by atoms with van der Waals surface area (Å²) in [4.78, 5) is 32.4. The Hall–Kier alpha value is -1.14. The van der Waals surface area contributed by atoms with Crippen LogP contribution in [0.3, 0.4) is 0 Å². The van der Waals surface area contributed by atoms with Gasteiger partial charge in [0.2, 0.25) is 0 Å². The quantitative estimate of drug-likeness (QED) is 0.263. The van der Waals surface area contributed by atoms with E-state index in [-0.39, 0.29) is 18.8 Å². The van der Waals surface area contributed by atoms with Crippen molar-refractivity contribution in [1.82, 2.24) is 0 Å². The number of rotatable bonds is 10. The van der Waals surface area contributed by atoms with E-state index in [0.717, 1.165) is 25.7 Å². The number of hydrogen-bond donors (Lipinski definition) is 0. The van der Waals surface area contributed by atoms with E-state index in [1.165, 1.54) is 0 Å². The molecule has 1 fully saturated rings. The summed E-state index contributed by atoms with van der Waals surface area (Å²) in [5.74, 6) is -2.30. The molecule has 6 nitrogen and oxygen atoms in total. The Bertz CT molecular complexity index is 298. The zero-order chi connectivity index (χ0) is 14.1. The third-order valence-corrected chi connectivity index (χ3v) is 2.75. The minimum atomic E-state index is -1.38. The highest BCUT2D eigenvalue weighted by atomic mass is 17.4. The van der Waals surface area contributed by atoms with E-state index in [4.69, 9.17) is 9.47 Å². The van der Waals surface area contributed by atoms with Crippen molar-refractivity contribution in [1.29, 1.82) is 0 Å². The molecule has 19 heavy (non-hydrogen) atoms. The van der Waals surface area contributed by atoms with Crippen LogP contribution in [0.25, 0.3) is 0 Å². The Balaban J connectivity index is 2.20. The Morgan fingerprint density at radius 3 is 2.11 bits per heavy atom. The molecule has 0 radical (unpaired) electrons. The van der Waals surface area contributed by atoms with E-state index in [0.29, 0.717) is 13.2 Å². The molecule has 0 amide bonds. The summed E-state index contributed by atoms with van der Waals surface area (Å²) in [6, 6.07) is 0. The van der Waals surface area contributed by atoms with Crippen LogP contribution in [0.1, 0.15) is 52.4 Å². The predicted octanol–water partition coefficient (Wildman–Crippen LogP) is 2.11. The Morgan fingerprint density at radius 1 is 1.00 bits per heavy atom. The van der Waals surface area contributed by atoms with E-state index in [1.54, 1.807) is 0 Å². The summed E-state index contributed by atoms with van der Waals surface area (Å²) in [5.41, 5.74) is 0. The average Bonchev–Trinajstić information content (AvgIpc) is 3.18. The number of hydrogen-bond acceptors (Lipinski definition) is 6. The van der Waals surface area contributed by atoms with Gasteiger partial charge < -0.3 is 9.47 Å². The molecule has 1 saturated heterocycles. The first-order valence-corrected chi connectivity index (χ1v) is 6.84. The van der Waals surface area contributed by atoms with E-state index in [2.05, 4.69) is 9.78 Å². The van der Waals surface area contributed by atoms with Crippen molar-refractivity contribution in [3.8, 4) is 0 Å². The molecule has 6 heteroatoms.